The first kappa shape index (κ1) is 15.7. The number of hydrogen-bond acceptors (Lipinski definition) is 5. The highest BCUT2D eigenvalue weighted by molar-refractivity contribution is 14.1. The molecule has 7 nitrogen and oxygen atoms in total. The number of H-pyrrole nitrogens is 1. The smallest absolute Gasteiger partial charge is 0.265 e. The van der Waals surface area contributed by atoms with Crippen LogP contribution in [-0.4, -0.2) is 28.1 Å². The Hall–Kier alpha value is -2.23. The topological polar surface area (TPSA) is 92.1 Å². The molecule has 118 valence electrons. The van der Waals surface area contributed by atoms with Crippen molar-refractivity contribution >= 4 is 45.3 Å². The van der Waals surface area contributed by atoms with E-state index in [0.717, 1.165) is 5.52 Å². The molecule has 1 aromatic carbocycles. The lowest BCUT2D eigenvalue weighted by atomic mass is 10.2. The van der Waals surface area contributed by atoms with E-state index in [4.69, 9.17) is 4.42 Å². The average molecular weight is 424 g/mol. The van der Waals surface area contributed by atoms with Gasteiger partial charge in [0.05, 0.1) is 12.1 Å². The standard InChI is InChI=1S/C15H13IN4O3/c1-8-17-11-4-3-9(5-13(11)23-8)20(2)15(22)7-12-10(16)6-14(21)19-18-12/h3-6H,7H2,1-2H3,(H,19,21). The lowest BCUT2D eigenvalue weighted by Gasteiger charge is -2.17. The molecule has 0 atom stereocenters. The van der Waals surface area contributed by atoms with E-state index >= 15 is 0 Å². The molecule has 0 spiro atoms. The number of nitrogens with zero attached hydrogens (tertiary/aromatic N) is 3. The number of oxazole rings is 1. The number of fused-ring (bicyclic) bond motifs is 1. The number of aromatic nitrogens is 3. The van der Waals surface area contributed by atoms with Gasteiger partial charge < -0.3 is 9.32 Å². The number of hydrogen-bond donors (Lipinski definition) is 1. The van der Waals surface area contributed by atoms with Gasteiger partial charge in [-0.3, -0.25) is 9.59 Å². The van der Waals surface area contributed by atoms with E-state index in [-0.39, 0.29) is 17.9 Å². The van der Waals surface area contributed by atoms with Gasteiger partial charge in [-0.1, -0.05) is 0 Å². The average Bonchev–Trinajstić information content (AvgIpc) is 2.88. The zero-order valence-corrected chi connectivity index (χ0v) is 14.6. The lowest BCUT2D eigenvalue weighted by Crippen LogP contribution is -2.29. The zero-order chi connectivity index (χ0) is 16.6. The monoisotopic (exact) mass is 424 g/mol. The van der Waals surface area contributed by atoms with E-state index < -0.39 is 0 Å². The van der Waals surface area contributed by atoms with Crippen LogP contribution in [0.4, 0.5) is 5.69 Å². The lowest BCUT2D eigenvalue weighted by molar-refractivity contribution is -0.117. The van der Waals surface area contributed by atoms with Crippen LogP contribution in [0.1, 0.15) is 11.6 Å². The predicted octanol–water partition coefficient (Wildman–Crippen LogP) is 2.03. The van der Waals surface area contributed by atoms with Crippen LogP contribution in [0.2, 0.25) is 0 Å². The van der Waals surface area contributed by atoms with Crippen molar-refractivity contribution in [2.45, 2.75) is 13.3 Å². The van der Waals surface area contributed by atoms with Crippen LogP contribution in [0.3, 0.4) is 0 Å². The van der Waals surface area contributed by atoms with Crippen LogP contribution >= 0.6 is 22.6 Å². The van der Waals surface area contributed by atoms with Crippen molar-refractivity contribution in [1.82, 2.24) is 15.2 Å². The van der Waals surface area contributed by atoms with Crippen molar-refractivity contribution in [3.05, 3.63) is 49.8 Å². The van der Waals surface area contributed by atoms with Crippen LogP contribution in [0.5, 0.6) is 0 Å². The third-order valence-corrected chi connectivity index (χ3v) is 4.33. The largest absolute Gasteiger partial charge is 0.441 e. The molecule has 1 amide bonds. The summed E-state index contributed by atoms with van der Waals surface area (Å²) in [6.07, 6.45) is 0.0963. The number of aryl methyl sites for hydroxylation is 1. The summed E-state index contributed by atoms with van der Waals surface area (Å²) in [5.74, 6) is 0.441. The first-order valence-corrected chi connectivity index (χ1v) is 7.90. The van der Waals surface area contributed by atoms with Crippen molar-refractivity contribution in [2.24, 2.45) is 0 Å². The van der Waals surface area contributed by atoms with Crippen LogP contribution in [0, 0.1) is 10.5 Å². The van der Waals surface area contributed by atoms with Gasteiger partial charge in [-0.05, 0) is 34.7 Å². The van der Waals surface area contributed by atoms with Crippen LogP contribution in [0.15, 0.2) is 33.5 Å². The van der Waals surface area contributed by atoms with Gasteiger partial charge in [-0.25, -0.2) is 10.1 Å². The summed E-state index contributed by atoms with van der Waals surface area (Å²) in [6, 6.07) is 6.82. The number of benzene rings is 1. The molecule has 0 aliphatic carbocycles. The van der Waals surface area contributed by atoms with Gasteiger partial charge >= 0.3 is 0 Å². The predicted molar refractivity (Wildman–Crippen MR) is 93.4 cm³/mol. The maximum atomic E-state index is 12.4. The van der Waals surface area contributed by atoms with Crippen LogP contribution in [0.25, 0.3) is 11.1 Å². The summed E-state index contributed by atoms with van der Waals surface area (Å²) in [5, 5.41) is 6.27. The summed E-state index contributed by atoms with van der Waals surface area (Å²) >= 11 is 2.00. The first-order chi connectivity index (χ1) is 10.9. The summed E-state index contributed by atoms with van der Waals surface area (Å²) in [6.45, 7) is 1.78. The quantitative estimate of drug-likeness (QED) is 0.650. The molecule has 0 radical (unpaired) electrons. The van der Waals surface area contributed by atoms with Crippen molar-refractivity contribution in [3.63, 3.8) is 0 Å². The highest BCUT2D eigenvalue weighted by atomic mass is 127. The third kappa shape index (κ3) is 3.26. The first-order valence-electron chi connectivity index (χ1n) is 6.82. The van der Waals surface area contributed by atoms with Crippen LogP contribution < -0.4 is 10.5 Å². The highest BCUT2D eigenvalue weighted by Crippen LogP contribution is 2.22. The van der Waals surface area contributed by atoms with Gasteiger partial charge in [0.15, 0.2) is 11.5 Å². The van der Waals surface area contributed by atoms with Crippen molar-refractivity contribution in [1.29, 1.82) is 0 Å². The molecular weight excluding hydrogens is 411 g/mol. The fraction of sp³-hybridized carbons (Fsp3) is 0.200. The number of aromatic amines is 1. The number of rotatable bonds is 3. The molecule has 0 aliphatic rings. The number of nitrogens with one attached hydrogen (secondary N) is 1. The molecule has 8 heteroatoms. The Labute approximate surface area is 144 Å². The fourth-order valence-electron chi connectivity index (χ4n) is 2.17. The minimum atomic E-state index is -0.287. The molecule has 0 saturated carbocycles. The molecule has 2 heterocycles. The normalized spacial score (nSPS) is 10.9. The molecule has 3 rings (SSSR count). The maximum absolute atomic E-state index is 12.4. The van der Waals surface area contributed by atoms with Gasteiger partial charge in [0.1, 0.15) is 5.52 Å². The summed E-state index contributed by atoms with van der Waals surface area (Å²) in [5.41, 5.74) is 2.35. The third-order valence-electron chi connectivity index (χ3n) is 3.39. The molecule has 0 unspecified atom stereocenters. The second kappa shape index (κ2) is 6.11. The minimum absolute atomic E-state index is 0.0963. The van der Waals surface area contributed by atoms with Crippen molar-refractivity contribution < 1.29 is 9.21 Å². The Morgan fingerprint density at radius 1 is 1.39 bits per heavy atom. The molecule has 3 aromatic rings. The van der Waals surface area contributed by atoms with E-state index in [1.165, 1.54) is 11.0 Å². The molecule has 0 saturated heterocycles. The van der Waals surface area contributed by atoms with Gasteiger partial charge in [0.2, 0.25) is 5.91 Å². The maximum Gasteiger partial charge on any atom is 0.265 e. The molecule has 0 bridgehead atoms. The minimum Gasteiger partial charge on any atom is -0.441 e. The summed E-state index contributed by atoms with van der Waals surface area (Å²) in [7, 11) is 1.69. The van der Waals surface area contributed by atoms with E-state index in [1.54, 1.807) is 20.0 Å². The van der Waals surface area contributed by atoms with Gasteiger partial charge in [0, 0.05) is 35.4 Å². The molecular formula is C15H13IN4O3. The van der Waals surface area contributed by atoms with Crippen molar-refractivity contribution in [3.8, 4) is 0 Å². The molecule has 0 fully saturated rings. The molecule has 2 aromatic heterocycles. The van der Waals surface area contributed by atoms with Crippen LogP contribution in [-0.2, 0) is 11.2 Å². The number of likely N-dealkylation sites (N-methyl/N-ethyl adjacent to an activating group) is 1. The fourth-order valence-corrected chi connectivity index (χ4v) is 2.77. The Bertz CT molecular complexity index is 947. The SMILES string of the molecule is Cc1nc2ccc(N(C)C(=O)Cc3n[nH]c(=O)cc3I)cc2o1. The van der Waals surface area contributed by atoms with Crippen molar-refractivity contribution in [2.75, 3.05) is 11.9 Å². The van der Waals surface area contributed by atoms with E-state index in [2.05, 4.69) is 15.2 Å². The van der Waals surface area contributed by atoms with E-state index in [1.807, 2.05) is 34.7 Å². The second-order valence-corrected chi connectivity index (χ2v) is 6.20. The number of halogens is 1. The summed E-state index contributed by atoms with van der Waals surface area (Å²) in [4.78, 5) is 29.4. The zero-order valence-electron chi connectivity index (χ0n) is 12.5. The van der Waals surface area contributed by atoms with Gasteiger partial charge in [-0.2, -0.15) is 5.10 Å². The molecule has 1 N–H and O–H groups in total. The Balaban J connectivity index is 1.84. The molecule has 23 heavy (non-hydrogen) atoms. The number of amides is 1. The number of anilines is 1. The summed E-state index contributed by atoms with van der Waals surface area (Å²) < 4.78 is 6.15. The van der Waals surface area contributed by atoms with E-state index in [0.29, 0.717) is 26.4 Å². The van der Waals surface area contributed by atoms with Gasteiger partial charge in [0.25, 0.3) is 5.56 Å². The number of carbonyl (C=O) groups is 1. The Kier molecular flexibility index (Phi) is 4.16. The van der Waals surface area contributed by atoms with E-state index in [9.17, 15) is 9.59 Å². The number of carbonyl (C=O) groups excluding carboxylic acids is 1. The van der Waals surface area contributed by atoms with Gasteiger partial charge in [-0.15, -0.1) is 0 Å². The highest BCUT2D eigenvalue weighted by Gasteiger charge is 2.16. The second-order valence-electron chi connectivity index (χ2n) is 5.04. The molecule has 0 aliphatic heterocycles. The Morgan fingerprint density at radius 3 is 2.91 bits per heavy atom. The Morgan fingerprint density at radius 2 is 2.17 bits per heavy atom.